The minimum absolute atomic E-state index is 0.0571. The Morgan fingerprint density at radius 2 is 2.05 bits per heavy atom. The van der Waals surface area contributed by atoms with E-state index >= 15 is 0 Å². The van der Waals surface area contributed by atoms with Crippen LogP contribution in [0.25, 0.3) is 0 Å². The highest BCUT2D eigenvalue weighted by atomic mass is 32.2. The first-order valence-electron chi connectivity index (χ1n) is 6.46. The van der Waals surface area contributed by atoms with Crippen LogP contribution in [-0.2, 0) is 14.4 Å². The molecule has 0 fully saturated rings. The van der Waals surface area contributed by atoms with Crippen molar-refractivity contribution in [1.29, 1.82) is 5.26 Å². The highest BCUT2D eigenvalue weighted by Gasteiger charge is 2.13. The summed E-state index contributed by atoms with van der Waals surface area (Å²) in [5.74, 6) is 0.0571. The first-order chi connectivity index (χ1) is 9.56. The van der Waals surface area contributed by atoms with E-state index in [0.717, 1.165) is 19.3 Å². The standard InChI is InChI=1S/C14H18N2O3S/c1-13(12-15)8-4-3-7-11-16-19-20(17,18)14-9-5-2-6-10-14/h2,5-6,9-11,13H,3-4,7-8H2,1H3. The quantitative estimate of drug-likeness (QED) is 0.419. The molecule has 0 aliphatic rings. The van der Waals surface area contributed by atoms with Gasteiger partial charge in [0.25, 0.3) is 0 Å². The molecule has 0 radical (unpaired) electrons. The van der Waals surface area contributed by atoms with Crippen molar-refractivity contribution in [1.82, 2.24) is 0 Å². The van der Waals surface area contributed by atoms with Crippen molar-refractivity contribution in [2.24, 2.45) is 11.1 Å². The fraction of sp³-hybridized carbons (Fsp3) is 0.429. The van der Waals surface area contributed by atoms with Crippen LogP contribution in [0.15, 0.2) is 40.4 Å². The van der Waals surface area contributed by atoms with Crippen molar-refractivity contribution >= 4 is 16.3 Å². The number of hydrogen-bond acceptors (Lipinski definition) is 5. The number of hydrogen-bond donors (Lipinski definition) is 0. The van der Waals surface area contributed by atoms with Crippen molar-refractivity contribution in [2.45, 2.75) is 37.5 Å². The molecule has 6 heteroatoms. The van der Waals surface area contributed by atoms with Crippen molar-refractivity contribution in [3.63, 3.8) is 0 Å². The lowest BCUT2D eigenvalue weighted by Crippen LogP contribution is -2.02. The summed E-state index contributed by atoms with van der Waals surface area (Å²) in [7, 11) is -3.81. The predicted molar refractivity (Wildman–Crippen MR) is 76.4 cm³/mol. The van der Waals surface area contributed by atoms with E-state index < -0.39 is 10.1 Å². The zero-order chi connectivity index (χ0) is 14.8. The van der Waals surface area contributed by atoms with E-state index in [0.29, 0.717) is 6.42 Å². The van der Waals surface area contributed by atoms with Gasteiger partial charge in [-0.2, -0.15) is 13.7 Å². The summed E-state index contributed by atoms with van der Waals surface area (Å²) in [6, 6.07) is 10.0. The van der Waals surface area contributed by atoms with Gasteiger partial charge in [0, 0.05) is 12.1 Å². The number of nitriles is 1. The molecule has 0 heterocycles. The van der Waals surface area contributed by atoms with Gasteiger partial charge < -0.3 is 0 Å². The molecular weight excluding hydrogens is 276 g/mol. The molecule has 5 nitrogen and oxygen atoms in total. The van der Waals surface area contributed by atoms with Crippen LogP contribution in [-0.4, -0.2) is 14.6 Å². The topological polar surface area (TPSA) is 79.5 Å². The molecule has 0 saturated carbocycles. The third kappa shape index (κ3) is 5.85. The van der Waals surface area contributed by atoms with Gasteiger partial charge in [0.2, 0.25) is 0 Å². The molecule has 0 aliphatic carbocycles. The lowest BCUT2D eigenvalue weighted by Gasteiger charge is -2.01. The van der Waals surface area contributed by atoms with E-state index in [1.165, 1.54) is 18.3 Å². The minimum Gasteiger partial charge on any atom is -0.265 e. The Morgan fingerprint density at radius 1 is 1.35 bits per heavy atom. The molecule has 1 unspecified atom stereocenters. The fourth-order valence-corrected chi connectivity index (χ4v) is 2.27. The molecule has 1 aromatic carbocycles. The summed E-state index contributed by atoms with van der Waals surface area (Å²) in [6.07, 6.45) is 4.67. The highest BCUT2D eigenvalue weighted by Crippen LogP contribution is 2.11. The monoisotopic (exact) mass is 294 g/mol. The second-order valence-electron chi connectivity index (χ2n) is 4.44. The third-order valence-corrected chi connectivity index (χ3v) is 3.82. The Labute approximate surface area is 120 Å². The molecular formula is C14H18N2O3S. The maximum absolute atomic E-state index is 11.7. The van der Waals surface area contributed by atoms with Crippen LogP contribution in [0.2, 0.25) is 0 Å². The summed E-state index contributed by atoms with van der Waals surface area (Å²) < 4.78 is 27.9. The fourth-order valence-electron chi connectivity index (χ4n) is 1.52. The van der Waals surface area contributed by atoms with Crippen LogP contribution < -0.4 is 0 Å². The summed E-state index contributed by atoms with van der Waals surface area (Å²) in [5, 5.41) is 12.1. The second kappa shape index (κ2) is 8.33. The van der Waals surface area contributed by atoms with Crippen molar-refractivity contribution in [3.8, 4) is 6.07 Å². The normalized spacial score (nSPS) is 13.0. The van der Waals surface area contributed by atoms with Gasteiger partial charge in [-0.1, -0.05) is 29.8 Å². The molecule has 1 aromatic rings. The van der Waals surface area contributed by atoms with Gasteiger partial charge in [-0.3, -0.25) is 4.28 Å². The van der Waals surface area contributed by atoms with Gasteiger partial charge >= 0.3 is 10.1 Å². The van der Waals surface area contributed by atoms with E-state index in [1.54, 1.807) is 18.2 Å². The van der Waals surface area contributed by atoms with Gasteiger partial charge in [-0.25, -0.2) is 0 Å². The predicted octanol–water partition coefficient (Wildman–Crippen LogP) is 3.10. The summed E-state index contributed by atoms with van der Waals surface area (Å²) >= 11 is 0. The smallest absolute Gasteiger partial charge is 0.265 e. The Bertz CT molecular complexity index is 562. The molecule has 20 heavy (non-hydrogen) atoms. The molecule has 0 aromatic heterocycles. The molecule has 0 bridgehead atoms. The van der Waals surface area contributed by atoms with E-state index in [-0.39, 0.29) is 10.8 Å². The summed E-state index contributed by atoms with van der Waals surface area (Å²) in [6.45, 7) is 1.88. The lowest BCUT2D eigenvalue weighted by atomic mass is 10.1. The molecule has 0 saturated heterocycles. The molecule has 1 atom stereocenters. The van der Waals surface area contributed by atoms with E-state index in [2.05, 4.69) is 15.5 Å². The zero-order valence-corrected chi connectivity index (χ0v) is 12.2. The van der Waals surface area contributed by atoms with Crippen LogP contribution >= 0.6 is 0 Å². The van der Waals surface area contributed by atoms with Crippen LogP contribution in [0.5, 0.6) is 0 Å². The van der Waals surface area contributed by atoms with E-state index in [4.69, 9.17) is 5.26 Å². The van der Waals surface area contributed by atoms with Gasteiger partial charge in [0.15, 0.2) is 0 Å². The van der Waals surface area contributed by atoms with E-state index in [9.17, 15) is 8.42 Å². The Morgan fingerprint density at radius 3 is 2.70 bits per heavy atom. The SMILES string of the molecule is CC(C#N)CCCCC=NOS(=O)(=O)c1ccccc1. The first kappa shape index (κ1) is 16.2. The number of unbranched alkanes of at least 4 members (excludes halogenated alkanes) is 2. The number of rotatable bonds is 8. The lowest BCUT2D eigenvalue weighted by molar-refractivity contribution is 0.339. The largest absolute Gasteiger partial charge is 0.358 e. The minimum atomic E-state index is -3.81. The second-order valence-corrected chi connectivity index (χ2v) is 5.97. The van der Waals surface area contributed by atoms with Gasteiger partial charge in [0.1, 0.15) is 4.90 Å². The zero-order valence-electron chi connectivity index (χ0n) is 11.4. The maximum Gasteiger partial charge on any atom is 0.358 e. The average Bonchev–Trinajstić information content (AvgIpc) is 2.46. The third-order valence-electron chi connectivity index (χ3n) is 2.69. The first-order valence-corrected chi connectivity index (χ1v) is 7.87. The van der Waals surface area contributed by atoms with Crippen LogP contribution in [0, 0.1) is 17.2 Å². The molecule has 108 valence electrons. The van der Waals surface area contributed by atoms with Gasteiger partial charge in [0.05, 0.1) is 6.07 Å². The van der Waals surface area contributed by atoms with Gasteiger partial charge in [-0.15, -0.1) is 0 Å². The highest BCUT2D eigenvalue weighted by molar-refractivity contribution is 7.86. The Kier molecular flexibility index (Phi) is 6.74. The average molecular weight is 294 g/mol. The van der Waals surface area contributed by atoms with Gasteiger partial charge in [-0.05, 0) is 38.3 Å². The summed E-state index contributed by atoms with van der Waals surface area (Å²) in [4.78, 5) is 0.0833. The van der Waals surface area contributed by atoms with Crippen LogP contribution in [0.4, 0.5) is 0 Å². The Hall–Kier alpha value is -1.87. The number of benzene rings is 1. The molecule has 0 amide bonds. The molecule has 0 N–H and O–H groups in total. The van der Waals surface area contributed by atoms with Crippen LogP contribution in [0.3, 0.4) is 0 Å². The molecule has 1 rings (SSSR count). The van der Waals surface area contributed by atoms with Crippen molar-refractivity contribution in [3.05, 3.63) is 30.3 Å². The molecule has 0 aliphatic heterocycles. The van der Waals surface area contributed by atoms with Crippen LogP contribution in [0.1, 0.15) is 32.6 Å². The number of nitrogens with zero attached hydrogens (tertiary/aromatic N) is 2. The van der Waals surface area contributed by atoms with E-state index in [1.807, 2.05) is 6.92 Å². The number of oxime groups is 1. The van der Waals surface area contributed by atoms with Crippen molar-refractivity contribution in [2.75, 3.05) is 0 Å². The maximum atomic E-state index is 11.7. The molecule has 0 spiro atoms. The summed E-state index contributed by atoms with van der Waals surface area (Å²) in [5.41, 5.74) is 0. The van der Waals surface area contributed by atoms with Crippen molar-refractivity contribution < 1.29 is 12.7 Å². The Balaban J connectivity index is 2.30.